The highest BCUT2D eigenvalue weighted by molar-refractivity contribution is 7.46. The minimum Gasteiger partial charge on any atom is -0.462 e. The molecule has 0 aliphatic heterocycles. The Hall–Kier alpha value is -3.29. The largest absolute Gasteiger partial charge is 0.469 e. The maximum absolute atomic E-state index is 12.4. The van der Waals surface area contributed by atoms with Crippen molar-refractivity contribution in [2.75, 3.05) is 13.2 Å². The van der Waals surface area contributed by atoms with Gasteiger partial charge in [0, 0.05) is 12.8 Å². The first-order valence-corrected chi connectivity index (χ1v) is 21.7. The number of ether oxygens (including phenoxy) is 2. The first kappa shape index (κ1) is 50.7. The van der Waals surface area contributed by atoms with Gasteiger partial charge in [-0.3, -0.25) is 14.1 Å². The molecule has 9 heteroatoms. The molecule has 0 heterocycles. The van der Waals surface area contributed by atoms with E-state index in [4.69, 9.17) is 19.3 Å². The number of unbranched alkanes of at least 4 members (excludes halogenated alkanes) is 7. The standard InChI is InChI=1S/C45H71O8P/c1-3-5-7-9-11-13-15-17-19-21-22-24-26-28-30-32-34-36-38-40-45(47)53-43(42-52-54(48,49)50)41-51-44(46)39-37-35-33-31-29-27-25-23-20-18-16-14-12-10-8-6-4-2/h5,7,11-14,17-20,22,24-25,27-28,30,34,36,43H,3-4,6,8-10,15-16,21,23,26,29,31-33,35,37-42H2,1-2H3,(H2,48,49,50)/b7-5-,13-11-,14-12-,19-17-,20-18-,24-22-,27-25-,30-28-,36-34-/t43-/m1/s1. The second-order valence-electron chi connectivity index (χ2n) is 12.9. The Labute approximate surface area is 327 Å². The molecule has 0 radical (unpaired) electrons. The summed E-state index contributed by atoms with van der Waals surface area (Å²) in [6.45, 7) is 3.44. The summed E-state index contributed by atoms with van der Waals surface area (Å²) in [5.74, 6) is -1.02. The Kier molecular flexibility index (Phi) is 37.0. The van der Waals surface area contributed by atoms with Gasteiger partial charge in [0.1, 0.15) is 6.61 Å². The van der Waals surface area contributed by atoms with Crippen LogP contribution in [0, 0.1) is 0 Å². The van der Waals surface area contributed by atoms with Crippen molar-refractivity contribution < 1.29 is 37.9 Å². The molecule has 2 N–H and O–H groups in total. The molecule has 8 nitrogen and oxygen atoms in total. The van der Waals surface area contributed by atoms with Gasteiger partial charge in [-0.05, 0) is 89.9 Å². The van der Waals surface area contributed by atoms with Crippen molar-refractivity contribution in [1.29, 1.82) is 0 Å². The maximum atomic E-state index is 12.4. The van der Waals surface area contributed by atoms with E-state index in [1.165, 1.54) is 25.7 Å². The summed E-state index contributed by atoms with van der Waals surface area (Å²) in [5.41, 5.74) is 0. The lowest BCUT2D eigenvalue weighted by atomic mass is 10.1. The van der Waals surface area contributed by atoms with E-state index in [-0.39, 0.29) is 19.4 Å². The Balaban J connectivity index is 4.15. The molecule has 0 aliphatic rings. The van der Waals surface area contributed by atoms with Crippen molar-refractivity contribution in [3.05, 3.63) is 109 Å². The van der Waals surface area contributed by atoms with Crippen LogP contribution in [0.4, 0.5) is 0 Å². The highest BCUT2D eigenvalue weighted by Crippen LogP contribution is 2.35. The molecule has 0 aliphatic carbocycles. The Morgan fingerprint density at radius 3 is 1.39 bits per heavy atom. The van der Waals surface area contributed by atoms with E-state index in [0.717, 1.165) is 77.0 Å². The average Bonchev–Trinajstić information content (AvgIpc) is 3.14. The van der Waals surface area contributed by atoms with E-state index in [0.29, 0.717) is 12.8 Å². The molecule has 0 aromatic heterocycles. The quantitative estimate of drug-likeness (QED) is 0.0283. The second-order valence-corrected chi connectivity index (χ2v) is 14.1. The number of hydrogen-bond acceptors (Lipinski definition) is 6. The molecule has 0 amide bonds. The van der Waals surface area contributed by atoms with Gasteiger partial charge in [-0.25, -0.2) is 4.57 Å². The number of esters is 2. The van der Waals surface area contributed by atoms with Gasteiger partial charge in [-0.2, -0.15) is 0 Å². The molecule has 0 saturated carbocycles. The van der Waals surface area contributed by atoms with Crippen molar-refractivity contribution >= 4 is 19.8 Å². The van der Waals surface area contributed by atoms with Crippen LogP contribution in [-0.4, -0.2) is 41.0 Å². The number of phosphoric acid groups is 1. The molecule has 0 spiro atoms. The highest BCUT2D eigenvalue weighted by atomic mass is 31.2. The normalized spacial score (nSPS) is 13.6. The number of rotatable bonds is 35. The van der Waals surface area contributed by atoms with Gasteiger partial charge < -0.3 is 19.3 Å². The van der Waals surface area contributed by atoms with Gasteiger partial charge in [-0.15, -0.1) is 0 Å². The predicted molar refractivity (Wildman–Crippen MR) is 225 cm³/mol. The summed E-state index contributed by atoms with van der Waals surface area (Å²) in [4.78, 5) is 42.8. The second kappa shape index (κ2) is 39.4. The topological polar surface area (TPSA) is 119 Å². The van der Waals surface area contributed by atoms with Crippen molar-refractivity contribution in [3.63, 3.8) is 0 Å². The van der Waals surface area contributed by atoms with Crippen LogP contribution in [0.5, 0.6) is 0 Å². The molecule has 0 aromatic carbocycles. The van der Waals surface area contributed by atoms with Crippen LogP contribution in [0.2, 0.25) is 0 Å². The van der Waals surface area contributed by atoms with E-state index >= 15 is 0 Å². The molecule has 0 fully saturated rings. The van der Waals surface area contributed by atoms with Gasteiger partial charge in [0.05, 0.1) is 6.61 Å². The van der Waals surface area contributed by atoms with Gasteiger partial charge in [0.2, 0.25) is 0 Å². The number of carbonyl (C=O) groups is 2. The number of phosphoric ester groups is 1. The minimum atomic E-state index is -4.79. The predicted octanol–water partition coefficient (Wildman–Crippen LogP) is 12.4. The third-order valence-electron chi connectivity index (χ3n) is 7.79. The first-order valence-electron chi connectivity index (χ1n) is 20.2. The molecule has 0 aromatic rings. The molecular formula is C45H71O8P. The molecule has 1 atom stereocenters. The smallest absolute Gasteiger partial charge is 0.462 e. The summed E-state index contributed by atoms with van der Waals surface area (Å²) >= 11 is 0. The maximum Gasteiger partial charge on any atom is 0.469 e. The van der Waals surface area contributed by atoms with Gasteiger partial charge in [0.15, 0.2) is 6.10 Å². The lowest BCUT2D eigenvalue weighted by molar-refractivity contribution is -0.161. The van der Waals surface area contributed by atoms with Crippen molar-refractivity contribution in [2.45, 2.75) is 148 Å². The van der Waals surface area contributed by atoms with E-state index < -0.39 is 32.5 Å². The fourth-order valence-corrected chi connectivity index (χ4v) is 5.18. The number of hydrogen-bond donors (Lipinski definition) is 2. The van der Waals surface area contributed by atoms with E-state index in [9.17, 15) is 14.2 Å². The van der Waals surface area contributed by atoms with E-state index in [2.05, 4.69) is 116 Å². The highest BCUT2D eigenvalue weighted by Gasteiger charge is 2.22. The number of allylic oxidation sites excluding steroid dienone is 18. The summed E-state index contributed by atoms with van der Waals surface area (Å²) < 4.78 is 26.3. The van der Waals surface area contributed by atoms with Crippen LogP contribution in [0.1, 0.15) is 142 Å². The summed E-state index contributed by atoms with van der Waals surface area (Å²) in [5, 5.41) is 0. The van der Waals surface area contributed by atoms with Crippen molar-refractivity contribution in [3.8, 4) is 0 Å². The Morgan fingerprint density at radius 1 is 0.500 bits per heavy atom. The third-order valence-corrected chi connectivity index (χ3v) is 8.27. The lowest BCUT2D eigenvalue weighted by Crippen LogP contribution is -2.29. The van der Waals surface area contributed by atoms with Gasteiger partial charge in [-0.1, -0.05) is 149 Å². The van der Waals surface area contributed by atoms with Gasteiger partial charge in [0.25, 0.3) is 0 Å². The van der Waals surface area contributed by atoms with Crippen molar-refractivity contribution in [1.82, 2.24) is 0 Å². The molecule has 0 saturated heterocycles. The van der Waals surface area contributed by atoms with Crippen LogP contribution < -0.4 is 0 Å². The van der Waals surface area contributed by atoms with Gasteiger partial charge >= 0.3 is 19.8 Å². The summed E-state index contributed by atoms with van der Waals surface area (Å²) in [7, 11) is -4.79. The fraction of sp³-hybridized carbons (Fsp3) is 0.556. The van der Waals surface area contributed by atoms with Crippen molar-refractivity contribution in [2.24, 2.45) is 0 Å². The monoisotopic (exact) mass is 770 g/mol. The molecule has 54 heavy (non-hydrogen) atoms. The molecule has 304 valence electrons. The Bertz CT molecular complexity index is 1230. The minimum absolute atomic E-state index is 0.0747. The summed E-state index contributed by atoms with van der Waals surface area (Å²) in [6.07, 6.45) is 55.3. The SMILES string of the molecule is CC/C=C\C/C=C\C/C=C\C/C=C\C/C=C\C/C=C\CCC(=O)O[C@H](COC(=O)CCCCCC/C=C\C/C=C\C/C=C\CCCCC)COP(=O)(O)O. The van der Waals surface area contributed by atoms with Crippen LogP contribution in [0.3, 0.4) is 0 Å². The van der Waals surface area contributed by atoms with E-state index in [1.807, 2.05) is 12.2 Å². The first-order chi connectivity index (χ1) is 26.3. The Morgan fingerprint density at radius 2 is 0.926 bits per heavy atom. The lowest BCUT2D eigenvalue weighted by Gasteiger charge is -2.18. The molecule has 0 rings (SSSR count). The molecule has 0 bridgehead atoms. The summed E-state index contributed by atoms with van der Waals surface area (Å²) in [6, 6.07) is 0. The van der Waals surface area contributed by atoms with Crippen LogP contribution >= 0.6 is 7.82 Å². The molecule has 0 unspecified atom stereocenters. The zero-order valence-corrected chi connectivity index (χ0v) is 34.2. The van der Waals surface area contributed by atoms with Crippen LogP contribution in [0.25, 0.3) is 0 Å². The molecular weight excluding hydrogens is 699 g/mol. The van der Waals surface area contributed by atoms with Crippen LogP contribution in [0.15, 0.2) is 109 Å². The van der Waals surface area contributed by atoms with E-state index in [1.54, 1.807) is 0 Å². The third kappa shape index (κ3) is 41.5. The fourth-order valence-electron chi connectivity index (χ4n) is 4.82. The zero-order chi connectivity index (χ0) is 39.6. The van der Waals surface area contributed by atoms with Crippen LogP contribution in [-0.2, 0) is 28.2 Å². The average molecular weight is 771 g/mol. The zero-order valence-electron chi connectivity index (χ0n) is 33.3. The number of carbonyl (C=O) groups excluding carboxylic acids is 2.